The number of nitrogens with one attached hydrogen (secondary N) is 4. The molecule has 0 bridgehead atoms. The zero-order chi connectivity index (χ0) is 26.7. The Morgan fingerprint density at radius 1 is 0.943 bits per heavy atom. The van der Waals surface area contributed by atoms with Gasteiger partial charge in [-0.25, -0.2) is 0 Å². The Kier molecular flexibility index (Phi) is 11.6. The summed E-state index contributed by atoms with van der Waals surface area (Å²) in [5, 5.41) is 26.6. The number of carboxylic acids is 2. The minimum Gasteiger partial charge on any atom is -0.481 e. The molecule has 15 nitrogen and oxygen atoms in total. The standard InChI is InChI=1S/C20H32N6O9/c1-10(2)17(25-13(27)7-21)20(35)26-5-3-4-12(26)19(34)22-8-14(28)24-11(6-15(29)30)18(33)23-9-16(31)32/h10-12,17H,3-9,21H2,1-2H3,(H,22,34)(H,23,33)(H,24,28)(H,25,27)(H,29,30)(H,31,32). The summed E-state index contributed by atoms with van der Waals surface area (Å²) in [5.74, 6) is -6.55. The molecule has 3 unspecified atom stereocenters. The van der Waals surface area contributed by atoms with Crippen LogP contribution in [0, 0.1) is 5.92 Å². The van der Waals surface area contributed by atoms with Crippen LogP contribution >= 0.6 is 0 Å². The van der Waals surface area contributed by atoms with Crippen molar-refractivity contribution in [3.63, 3.8) is 0 Å². The van der Waals surface area contributed by atoms with Crippen molar-refractivity contribution >= 4 is 41.5 Å². The van der Waals surface area contributed by atoms with Gasteiger partial charge < -0.3 is 42.1 Å². The van der Waals surface area contributed by atoms with Gasteiger partial charge in [0.25, 0.3) is 0 Å². The highest BCUT2D eigenvalue weighted by Crippen LogP contribution is 2.20. The van der Waals surface area contributed by atoms with E-state index in [2.05, 4.69) is 16.0 Å². The molecule has 1 saturated heterocycles. The molecule has 0 saturated carbocycles. The van der Waals surface area contributed by atoms with Gasteiger partial charge in [0.2, 0.25) is 29.5 Å². The first-order valence-electron chi connectivity index (χ1n) is 11.0. The van der Waals surface area contributed by atoms with Gasteiger partial charge >= 0.3 is 11.9 Å². The van der Waals surface area contributed by atoms with Crippen LogP contribution in [0.5, 0.6) is 0 Å². The molecule has 5 amide bonds. The first-order chi connectivity index (χ1) is 16.4. The van der Waals surface area contributed by atoms with Crippen molar-refractivity contribution in [3.05, 3.63) is 0 Å². The number of nitrogens with zero attached hydrogens (tertiary/aromatic N) is 1. The molecule has 0 spiro atoms. The van der Waals surface area contributed by atoms with Gasteiger partial charge in [0.1, 0.15) is 24.7 Å². The molecule has 196 valence electrons. The number of carbonyl (C=O) groups is 7. The van der Waals surface area contributed by atoms with Crippen LogP contribution in [-0.2, 0) is 33.6 Å². The van der Waals surface area contributed by atoms with Crippen LogP contribution in [0.15, 0.2) is 0 Å². The number of amides is 5. The second-order valence-electron chi connectivity index (χ2n) is 8.23. The highest BCUT2D eigenvalue weighted by molar-refractivity contribution is 5.95. The maximum absolute atomic E-state index is 13.0. The van der Waals surface area contributed by atoms with Crippen LogP contribution in [0.2, 0.25) is 0 Å². The Balaban J connectivity index is 2.75. The lowest BCUT2D eigenvalue weighted by atomic mass is 10.0. The van der Waals surface area contributed by atoms with Crippen molar-refractivity contribution in [2.45, 2.75) is 51.2 Å². The van der Waals surface area contributed by atoms with E-state index in [0.29, 0.717) is 12.8 Å². The summed E-state index contributed by atoms with van der Waals surface area (Å²) in [7, 11) is 0. The van der Waals surface area contributed by atoms with E-state index in [0.717, 1.165) is 0 Å². The quantitative estimate of drug-likeness (QED) is 0.131. The van der Waals surface area contributed by atoms with Crippen LogP contribution in [0.25, 0.3) is 0 Å². The minimum atomic E-state index is -1.56. The molecule has 3 atom stereocenters. The predicted molar refractivity (Wildman–Crippen MR) is 118 cm³/mol. The van der Waals surface area contributed by atoms with Crippen LogP contribution in [-0.4, -0.2) is 101 Å². The van der Waals surface area contributed by atoms with Gasteiger partial charge in [-0.3, -0.25) is 33.6 Å². The number of likely N-dealkylation sites (tertiary alicyclic amines) is 1. The molecule has 0 aromatic heterocycles. The molecule has 0 aromatic rings. The fraction of sp³-hybridized carbons (Fsp3) is 0.650. The maximum Gasteiger partial charge on any atom is 0.322 e. The van der Waals surface area contributed by atoms with E-state index < -0.39 is 79.1 Å². The molecule has 0 aromatic carbocycles. The summed E-state index contributed by atoms with van der Waals surface area (Å²) >= 11 is 0. The van der Waals surface area contributed by atoms with Crippen LogP contribution in [0.3, 0.4) is 0 Å². The van der Waals surface area contributed by atoms with E-state index in [-0.39, 0.29) is 19.0 Å². The van der Waals surface area contributed by atoms with E-state index >= 15 is 0 Å². The molecule has 35 heavy (non-hydrogen) atoms. The van der Waals surface area contributed by atoms with Crippen LogP contribution in [0.1, 0.15) is 33.1 Å². The molecule has 1 aliphatic rings. The maximum atomic E-state index is 13.0. The lowest BCUT2D eigenvalue weighted by molar-refractivity contribution is -0.142. The van der Waals surface area contributed by atoms with Gasteiger partial charge in [-0.2, -0.15) is 0 Å². The van der Waals surface area contributed by atoms with E-state index in [9.17, 15) is 33.6 Å². The Bertz CT molecular complexity index is 847. The summed E-state index contributed by atoms with van der Waals surface area (Å²) in [4.78, 5) is 84.4. The molecule has 0 radical (unpaired) electrons. The Morgan fingerprint density at radius 3 is 2.14 bits per heavy atom. The van der Waals surface area contributed by atoms with Gasteiger partial charge in [-0.05, 0) is 18.8 Å². The average molecular weight is 501 g/mol. The number of aliphatic carboxylic acids is 2. The van der Waals surface area contributed by atoms with Crippen LogP contribution < -0.4 is 27.0 Å². The smallest absolute Gasteiger partial charge is 0.322 e. The summed E-state index contributed by atoms with van der Waals surface area (Å²) < 4.78 is 0. The number of rotatable bonds is 13. The fourth-order valence-corrected chi connectivity index (χ4v) is 3.43. The Labute approximate surface area is 201 Å². The van der Waals surface area contributed by atoms with Gasteiger partial charge in [0, 0.05) is 6.54 Å². The van der Waals surface area contributed by atoms with Gasteiger partial charge in [0.05, 0.1) is 19.5 Å². The lowest BCUT2D eigenvalue weighted by Crippen LogP contribution is -2.56. The second-order valence-corrected chi connectivity index (χ2v) is 8.23. The first kappa shape index (κ1) is 29.3. The molecular formula is C20H32N6O9. The van der Waals surface area contributed by atoms with E-state index in [4.69, 9.17) is 15.9 Å². The zero-order valence-electron chi connectivity index (χ0n) is 19.5. The Hall–Kier alpha value is -3.75. The van der Waals surface area contributed by atoms with Crippen molar-refractivity contribution in [1.82, 2.24) is 26.2 Å². The normalized spacial score (nSPS) is 16.7. The molecular weight excluding hydrogens is 468 g/mol. The molecule has 8 N–H and O–H groups in total. The van der Waals surface area contributed by atoms with Crippen molar-refractivity contribution < 1.29 is 43.8 Å². The fourth-order valence-electron chi connectivity index (χ4n) is 3.43. The topological polar surface area (TPSA) is 237 Å². The summed E-state index contributed by atoms with van der Waals surface area (Å²) in [6.07, 6.45) is 0.0470. The number of carbonyl (C=O) groups excluding carboxylic acids is 5. The number of hydrogen-bond donors (Lipinski definition) is 7. The summed E-state index contributed by atoms with van der Waals surface area (Å²) in [6, 6.07) is -3.33. The molecule has 1 heterocycles. The monoisotopic (exact) mass is 500 g/mol. The van der Waals surface area contributed by atoms with Crippen molar-refractivity contribution in [2.75, 3.05) is 26.2 Å². The SMILES string of the molecule is CC(C)C(NC(=O)CN)C(=O)N1CCCC1C(=O)NCC(=O)NC(CC(=O)O)C(=O)NCC(=O)O. The minimum absolute atomic E-state index is 0.272. The van der Waals surface area contributed by atoms with Gasteiger partial charge in [-0.1, -0.05) is 13.8 Å². The van der Waals surface area contributed by atoms with E-state index in [1.54, 1.807) is 13.8 Å². The third kappa shape index (κ3) is 9.56. The number of hydrogen-bond acceptors (Lipinski definition) is 8. The second kappa shape index (κ2) is 13.8. The first-order valence-corrected chi connectivity index (χ1v) is 11.0. The highest BCUT2D eigenvalue weighted by Gasteiger charge is 2.38. The van der Waals surface area contributed by atoms with Crippen molar-refractivity contribution in [2.24, 2.45) is 11.7 Å². The summed E-state index contributed by atoms with van der Waals surface area (Å²) in [6.45, 7) is 2.05. The molecule has 1 rings (SSSR count). The molecule has 1 aliphatic heterocycles. The van der Waals surface area contributed by atoms with E-state index in [1.165, 1.54) is 4.90 Å². The van der Waals surface area contributed by atoms with Crippen molar-refractivity contribution in [3.8, 4) is 0 Å². The highest BCUT2D eigenvalue weighted by atomic mass is 16.4. The average Bonchev–Trinajstić information content (AvgIpc) is 3.27. The third-order valence-electron chi connectivity index (χ3n) is 5.14. The largest absolute Gasteiger partial charge is 0.481 e. The number of nitrogens with two attached hydrogens (primary N) is 1. The third-order valence-corrected chi connectivity index (χ3v) is 5.14. The summed E-state index contributed by atoms with van der Waals surface area (Å²) in [5.41, 5.74) is 5.30. The molecule has 1 fully saturated rings. The van der Waals surface area contributed by atoms with Crippen LogP contribution in [0.4, 0.5) is 0 Å². The zero-order valence-corrected chi connectivity index (χ0v) is 19.5. The van der Waals surface area contributed by atoms with E-state index in [1.807, 2.05) is 5.32 Å². The van der Waals surface area contributed by atoms with Gasteiger partial charge in [-0.15, -0.1) is 0 Å². The Morgan fingerprint density at radius 2 is 1.60 bits per heavy atom. The van der Waals surface area contributed by atoms with Crippen molar-refractivity contribution in [1.29, 1.82) is 0 Å². The molecule has 15 heteroatoms. The number of carboxylic acid groups (broad SMARTS) is 2. The predicted octanol–water partition coefficient (Wildman–Crippen LogP) is -3.65. The van der Waals surface area contributed by atoms with Gasteiger partial charge in [0.15, 0.2) is 0 Å². The molecule has 0 aliphatic carbocycles. The lowest BCUT2D eigenvalue weighted by Gasteiger charge is -2.30.